The van der Waals surface area contributed by atoms with E-state index in [2.05, 4.69) is 10.2 Å². The lowest BCUT2D eigenvalue weighted by Gasteiger charge is -2.31. The highest BCUT2D eigenvalue weighted by atomic mass is 32.2. The Hall–Kier alpha value is -4.23. The summed E-state index contributed by atoms with van der Waals surface area (Å²) >= 11 is 0. The molecule has 0 spiro atoms. The fourth-order valence-corrected chi connectivity index (χ4v) is 6.48. The number of fused-ring (bicyclic) bond motifs is 2. The Balaban J connectivity index is 1.26. The van der Waals surface area contributed by atoms with Gasteiger partial charge in [0.2, 0.25) is 9.84 Å². The quantitative estimate of drug-likeness (QED) is 0.325. The number of benzene rings is 2. The largest absolute Gasteiger partial charge is 0.490 e. The minimum atomic E-state index is -4.02. The molecule has 43 heavy (non-hydrogen) atoms. The summed E-state index contributed by atoms with van der Waals surface area (Å²) in [6.07, 6.45) is 5.63. The summed E-state index contributed by atoms with van der Waals surface area (Å²) in [4.78, 5) is 27.5. The molecule has 1 atom stereocenters. The highest BCUT2D eigenvalue weighted by molar-refractivity contribution is 7.91. The van der Waals surface area contributed by atoms with Crippen LogP contribution in [0.2, 0.25) is 0 Å². The second kappa shape index (κ2) is 11.1. The van der Waals surface area contributed by atoms with Crippen molar-refractivity contribution in [2.24, 2.45) is 0 Å². The summed E-state index contributed by atoms with van der Waals surface area (Å²) in [6, 6.07) is 10.5. The number of carbonyl (C=O) groups excluding carboxylic acids is 1. The van der Waals surface area contributed by atoms with Gasteiger partial charge < -0.3 is 14.2 Å². The molecule has 1 fully saturated rings. The van der Waals surface area contributed by atoms with Crippen LogP contribution in [0.15, 0.2) is 69.4 Å². The zero-order valence-corrected chi connectivity index (χ0v) is 25.0. The van der Waals surface area contributed by atoms with Gasteiger partial charge in [0.25, 0.3) is 5.56 Å². The normalized spacial score (nSPS) is 17.4. The van der Waals surface area contributed by atoms with Crippen molar-refractivity contribution in [2.45, 2.75) is 68.2 Å². The summed E-state index contributed by atoms with van der Waals surface area (Å²) in [5, 5.41) is 9.58. The Kier molecular flexibility index (Phi) is 7.46. The fourth-order valence-electron chi connectivity index (χ4n) is 5.16. The molecular formula is C30H33N5O7S. The molecule has 6 rings (SSSR count). The molecule has 2 aromatic carbocycles. The molecule has 0 bridgehead atoms. The maximum atomic E-state index is 13.7. The van der Waals surface area contributed by atoms with Gasteiger partial charge in [-0.2, -0.15) is 10.2 Å². The molecule has 0 N–H and O–H groups in total. The Morgan fingerprint density at radius 3 is 2.63 bits per heavy atom. The zero-order valence-electron chi connectivity index (χ0n) is 24.2. The van der Waals surface area contributed by atoms with Crippen molar-refractivity contribution in [1.82, 2.24) is 19.6 Å². The van der Waals surface area contributed by atoms with Gasteiger partial charge in [0.15, 0.2) is 0 Å². The van der Waals surface area contributed by atoms with E-state index >= 15 is 0 Å². The number of ether oxygens (including phenoxy) is 3. The summed E-state index contributed by atoms with van der Waals surface area (Å²) in [6.45, 7) is 6.62. The van der Waals surface area contributed by atoms with Gasteiger partial charge >= 0.3 is 6.09 Å². The first kappa shape index (κ1) is 28.9. The van der Waals surface area contributed by atoms with E-state index in [0.717, 1.165) is 19.3 Å². The Bertz CT molecular complexity index is 1850. The highest BCUT2D eigenvalue weighted by Crippen LogP contribution is 2.36. The van der Waals surface area contributed by atoms with E-state index in [1.54, 1.807) is 25.5 Å². The summed E-state index contributed by atoms with van der Waals surface area (Å²) in [5.41, 5.74) is -0.102. The maximum absolute atomic E-state index is 13.7. The van der Waals surface area contributed by atoms with Crippen LogP contribution in [0.3, 0.4) is 0 Å². The predicted molar refractivity (Wildman–Crippen MR) is 157 cm³/mol. The van der Waals surface area contributed by atoms with Crippen LogP contribution >= 0.6 is 0 Å². The summed E-state index contributed by atoms with van der Waals surface area (Å²) in [7, 11) is -4.02. The molecule has 1 unspecified atom stereocenters. The van der Waals surface area contributed by atoms with Gasteiger partial charge in [0, 0.05) is 18.2 Å². The SMILES string of the molecule is CC(C)(C)OC(=O)N1CCOc2ccc(S(=O)(=O)c3ccc4c(=O)n(Cc5ccn(C6CCCCO6)n5)ncc4c3)cc21. The molecule has 1 saturated heterocycles. The molecule has 0 aliphatic carbocycles. The molecule has 1 amide bonds. The third-order valence-corrected chi connectivity index (χ3v) is 9.03. The highest BCUT2D eigenvalue weighted by Gasteiger charge is 2.30. The van der Waals surface area contributed by atoms with Crippen LogP contribution in [-0.4, -0.2) is 59.4 Å². The van der Waals surface area contributed by atoms with Crippen LogP contribution in [0.25, 0.3) is 10.8 Å². The second-order valence-corrected chi connectivity index (χ2v) is 13.5. The van der Waals surface area contributed by atoms with E-state index in [9.17, 15) is 18.0 Å². The summed E-state index contributed by atoms with van der Waals surface area (Å²) < 4.78 is 47.4. The van der Waals surface area contributed by atoms with Gasteiger partial charge in [-0.15, -0.1) is 0 Å². The van der Waals surface area contributed by atoms with Crippen molar-refractivity contribution in [3.05, 3.63) is 70.9 Å². The van der Waals surface area contributed by atoms with Crippen LogP contribution in [0, 0.1) is 0 Å². The number of aromatic nitrogens is 4. The molecular weight excluding hydrogens is 574 g/mol. The van der Waals surface area contributed by atoms with Crippen molar-refractivity contribution in [3.63, 3.8) is 0 Å². The van der Waals surface area contributed by atoms with Crippen molar-refractivity contribution in [2.75, 3.05) is 24.7 Å². The topological polar surface area (TPSA) is 135 Å². The first-order chi connectivity index (χ1) is 20.5. The molecule has 4 aromatic rings. The van der Waals surface area contributed by atoms with Gasteiger partial charge in [-0.3, -0.25) is 9.69 Å². The van der Waals surface area contributed by atoms with Crippen molar-refractivity contribution in [1.29, 1.82) is 0 Å². The predicted octanol–water partition coefficient (Wildman–Crippen LogP) is 4.31. The van der Waals surface area contributed by atoms with E-state index in [1.165, 1.54) is 52.2 Å². The van der Waals surface area contributed by atoms with Gasteiger partial charge in [0.05, 0.1) is 45.8 Å². The van der Waals surface area contributed by atoms with E-state index < -0.39 is 21.5 Å². The molecule has 2 aliphatic heterocycles. The minimum Gasteiger partial charge on any atom is -0.490 e. The average Bonchev–Trinajstić information content (AvgIpc) is 3.46. The van der Waals surface area contributed by atoms with Gasteiger partial charge in [-0.1, -0.05) is 0 Å². The second-order valence-electron chi connectivity index (χ2n) is 11.6. The first-order valence-corrected chi connectivity index (χ1v) is 15.7. The van der Waals surface area contributed by atoms with Crippen molar-refractivity contribution >= 4 is 32.4 Å². The number of hydrogen-bond acceptors (Lipinski definition) is 9. The molecule has 226 valence electrons. The molecule has 12 nitrogen and oxygen atoms in total. The molecule has 0 radical (unpaired) electrons. The molecule has 2 aliphatic rings. The standard InChI is InChI=1S/C30H33N5O7S/c1-30(2,3)42-29(37)33-13-15-40-26-10-8-23(17-25(26)33)43(38,39)22-7-9-24-20(16-22)18-31-35(28(24)36)19-21-11-12-34(32-21)27-6-4-5-14-41-27/h7-12,16-18,27H,4-6,13-15,19H2,1-3H3. The van der Waals surface area contributed by atoms with Crippen LogP contribution in [0.5, 0.6) is 5.75 Å². The van der Waals surface area contributed by atoms with E-state index in [1.807, 2.05) is 12.3 Å². The average molecular weight is 608 g/mol. The number of carbonyl (C=O) groups is 1. The number of rotatable bonds is 5. The van der Waals surface area contributed by atoms with Gasteiger partial charge in [-0.25, -0.2) is 22.6 Å². The van der Waals surface area contributed by atoms with Gasteiger partial charge in [0.1, 0.15) is 24.2 Å². The Morgan fingerprint density at radius 2 is 1.86 bits per heavy atom. The third-order valence-electron chi connectivity index (χ3n) is 7.28. The lowest BCUT2D eigenvalue weighted by atomic mass is 10.2. The Labute approximate surface area is 248 Å². The minimum absolute atomic E-state index is 0.00864. The zero-order chi connectivity index (χ0) is 30.4. The lowest BCUT2D eigenvalue weighted by Crippen LogP contribution is -2.41. The maximum Gasteiger partial charge on any atom is 0.415 e. The van der Waals surface area contributed by atoms with E-state index in [0.29, 0.717) is 34.5 Å². The van der Waals surface area contributed by atoms with Crippen LogP contribution in [0.4, 0.5) is 10.5 Å². The number of sulfone groups is 1. The molecule has 0 saturated carbocycles. The number of nitrogens with zero attached hydrogens (tertiary/aromatic N) is 5. The number of hydrogen-bond donors (Lipinski definition) is 0. The lowest BCUT2D eigenvalue weighted by molar-refractivity contribution is -0.0397. The van der Waals surface area contributed by atoms with Crippen molar-refractivity contribution in [3.8, 4) is 5.75 Å². The van der Waals surface area contributed by atoms with Crippen LogP contribution in [0.1, 0.15) is 52.0 Å². The molecule has 4 heterocycles. The van der Waals surface area contributed by atoms with E-state index in [4.69, 9.17) is 14.2 Å². The monoisotopic (exact) mass is 607 g/mol. The van der Waals surface area contributed by atoms with Crippen LogP contribution in [-0.2, 0) is 25.9 Å². The van der Waals surface area contributed by atoms with E-state index in [-0.39, 0.29) is 41.3 Å². The Morgan fingerprint density at radius 1 is 1.07 bits per heavy atom. The summed E-state index contributed by atoms with van der Waals surface area (Å²) in [5.74, 6) is 0.385. The number of anilines is 1. The third kappa shape index (κ3) is 5.87. The number of amides is 1. The first-order valence-electron chi connectivity index (χ1n) is 14.2. The van der Waals surface area contributed by atoms with Gasteiger partial charge in [-0.05, 0) is 82.5 Å². The molecule has 13 heteroatoms. The van der Waals surface area contributed by atoms with Crippen LogP contribution < -0.4 is 15.2 Å². The fraction of sp³-hybridized carbons (Fsp3) is 0.400. The molecule has 2 aromatic heterocycles. The van der Waals surface area contributed by atoms with Crippen molar-refractivity contribution < 1.29 is 27.4 Å². The smallest absolute Gasteiger partial charge is 0.415 e.